The first-order valence-electron chi connectivity index (χ1n) is 8.27. The number of hydrogen-bond donors (Lipinski definition) is 2. The van der Waals surface area contributed by atoms with Crippen LogP contribution < -0.4 is 5.69 Å². The van der Waals surface area contributed by atoms with Gasteiger partial charge in [0.15, 0.2) is 0 Å². The number of nitrogens with one attached hydrogen (secondary N) is 2. The highest BCUT2D eigenvalue weighted by Crippen LogP contribution is 2.25. The van der Waals surface area contributed by atoms with Crippen LogP contribution in [0.1, 0.15) is 10.4 Å². The lowest BCUT2D eigenvalue weighted by molar-refractivity contribution is 0.0664. The quantitative estimate of drug-likeness (QED) is 0.738. The molecule has 0 saturated carbocycles. The van der Waals surface area contributed by atoms with Crippen LogP contribution in [0.5, 0.6) is 0 Å². The normalized spacial score (nSPS) is 15.6. The zero-order chi connectivity index (χ0) is 17.4. The lowest BCUT2D eigenvalue weighted by atomic mass is 10.1. The number of benzene rings is 1. The molecular formula is C18H19N5O2. The molecule has 128 valence electrons. The number of hydrogen-bond acceptors (Lipinski definition) is 4. The van der Waals surface area contributed by atoms with E-state index in [1.165, 1.54) is 0 Å². The number of aromatic amines is 2. The van der Waals surface area contributed by atoms with Crippen LogP contribution in [0, 0.1) is 0 Å². The highest BCUT2D eigenvalue weighted by Gasteiger charge is 2.21. The van der Waals surface area contributed by atoms with Crippen molar-refractivity contribution in [2.24, 2.45) is 0 Å². The molecule has 4 rings (SSSR count). The number of nitrogens with zero attached hydrogens (tertiary/aromatic N) is 3. The van der Waals surface area contributed by atoms with E-state index in [9.17, 15) is 9.59 Å². The standard InChI is InChI=1S/C18H19N5O2/c1-22-7-9-23(10-8-22)17(24)12-5-6-19-15(11-12)13-3-2-4-14-16(13)21-18(25)20-14/h2-6,11H,7-10H2,1H3,(H2,20,21,25). The molecule has 7 heteroatoms. The fourth-order valence-electron chi connectivity index (χ4n) is 3.17. The van der Waals surface area contributed by atoms with Crippen LogP contribution in [0.2, 0.25) is 0 Å². The number of fused-ring (bicyclic) bond motifs is 1. The zero-order valence-electron chi connectivity index (χ0n) is 14.0. The Balaban J connectivity index is 1.69. The minimum absolute atomic E-state index is 0.0199. The number of rotatable bonds is 2. The fraction of sp³-hybridized carbons (Fsp3) is 0.278. The fourth-order valence-corrected chi connectivity index (χ4v) is 3.17. The molecular weight excluding hydrogens is 318 g/mol. The number of H-pyrrole nitrogens is 2. The Bertz CT molecular complexity index is 982. The Labute approximate surface area is 144 Å². The molecule has 0 spiro atoms. The predicted octanol–water partition coefficient (Wildman–Crippen LogP) is 1.31. The Morgan fingerprint density at radius 3 is 2.72 bits per heavy atom. The van der Waals surface area contributed by atoms with Crippen LogP contribution in [0.25, 0.3) is 22.3 Å². The van der Waals surface area contributed by atoms with Crippen molar-refractivity contribution in [1.29, 1.82) is 0 Å². The number of pyridine rings is 1. The van der Waals surface area contributed by atoms with Crippen molar-refractivity contribution in [1.82, 2.24) is 24.8 Å². The van der Waals surface area contributed by atoms with Crippen LogP contribution in [0.4, 0.5) is 0 Å². The van der Waals surface area contributed by atoms with Gasteiger partial charge >= 0.3 is 5.69 Å². The summed E-state index contributed by atoms with van der Waals surface area (Å²) in [5.41, 5.74) is 3.24. The molecule has 0 aliphatic carbocycles. The SMILES string of the molecule is CN1CCN(C(=O)c2ccnc(-c3cccc4[nH]c(=O)[nH]c34)c2)CC1. The molecule has 3 aromatic rings. The maximum absolute atomic E-state index is 12.8. The van der Waals surface area contributed by atoms with Crippen LogP contribution in [-0.4, -0.2) is 63.9 Å². The third-order valence-electron chi connectivity index (χ3n) is 4.62. The Morgan fingerprint density at radius 1 is 1.12 bits per heavy atom. The average Bonchev–Trinajstić information content (AvgIpc) is 3.02. The number of aromatic nitrogens is 3. The molecule has 0 bridgehead atoms. The first-order chi connectivity index (χ1) is 12.1. The second-order valence-corrected chi connectivity index (χ2v) is 6.33. The van der Waals surface area contributed by atoms with E-state index in [2.05, 4.69) is 26.9 Å². The second-order valence-electron chi connectivity index (χ2n) is 6.33. The third-order valence-corrected chi connectivity index (χ3v) is 4.62. The Kier molecular flexibility index (Phi) is 3.85. The van der Waals surface area contributed by atoms with Crippen molar-refractivity contribution in [3.8, 4) is 11.3 Å². The summed E-state index contributed by atoms with van der Waals surface area (Å²) in [6.45, 7) is 3.22. The first-order valence-corrected chi connectivity index (χ1v) is 8.27. The maximum Gasteiger partial charge on any atom is 0.323 e. The first kappa shape index (κ1) is 15.6. The lowest BCUT2D eigenvalue weighted by Crippen LogP contribution is -2.47. The highest BCUT2D eigenvalue weighted by molar-refractivity contribution is 5.97. The van der Waals surface area contributed by atoms with Gasteiger partial charge in [-0.3, -0.25) is 9.78 Å². The van der Waals surface area contributed by atoms with Gasteiger partial charge in [0, 0.05) is 43.5 Å². The lowest BCUT2D eigenvalue weighted by Gasteiger charge is -2.32. The van der Waals surface area contributed by atoms with E-state index in [1.54, 1.807) is 18.3 Å². The van der Waals surface area contributed by atoms with Crippen LogP contribution >= 0.6 is 0 Å². The van der Waals surface area contributed by atoms with Crippen LogP contribution in [0.3, 0.4) is 0 Å². The minimum atomic E-state index is -0.257. The third kappa shape index (κ3) is 2.94. The molecule has 1 aliphatic heterocycles. The molecule has 25 heavy (non-hydrogen) atoms. The van der Waals surface area contributed by atoms with Crippen LogP contribution in [0.15, 0.2) is 41.3 Å². The highest BCUT2D eigenvalue weighted by atomic mass is 16.2. The van der Waals surface area contributed by atoms with E-state index in [4.69, 9.17) is 0 Å². The minimum Gasteiger partial charge on any atom is -0.336 e. The largest absolute Gasteiger partial charge is 0.336 e. The van der Waals surface area contributed by atoms with Gasteiger partial charge in [-0.05, 0) is 25.2 Å². The molecule has 2 N–H and O–H groups in total. The number of carbonyl (C=O) groups is 1. The van der Waals surface area contributed by atoms with Gasteiger partial charge in [-0.2, -0.15) is 0 Å². The van der Waals surface area contributed by atoms with E-state index < -0.39 is 0 Å². The summed E-state index contributed by atoms with van der Waals surface area (Å²) < 4.78 is 0. The summed E-state index contributed by atoms with van der Waals surface area (Å²) in [6.07, 6.45) is 1.64. The van der Waals surface area contributed by atoms with Crippen molar-refractivity contribution < 1.29 is 4.79 Å². The van der Waals surface area contributed by atoms with Crippen molar-refractivity contribution in [3.63, 3.8) is 0 Å². The van der Waals surface area contributed by atoms with Crippen molar-refractivity contribution in [2.45, 2.75) is 0 Å². The number of imidazole rings is 1. The summed E-state index contributed by atoms with van der Waals surface area (Å²) >= 11 is 0. The molecule has 0 radical (unpaired) electrons. The Morgan fingerprint density at radius 2 is 1.92 bits per heavy atom. The van der Waals surface area contributed by atoms with Gasteiger partial charge < -0.3 is 19.8 Å². The average molecular weight is 337 g/mol. The predicted molar refractivity (Wildman–Crippen MR) is 95.6 cm³/mol. The molecule has 7 nitrogen and oxygen atoms in total. The molecule has 1 amide bonds. The van der Waals surface area contributed by atoms with Gasteiger partial charge in [0.05, 0.1) is 16.7 Å². The van der Waals surface area contributed by atoms with E-state index in [-0.39, 0.29) is 11.6 Å². The van der Waals surface area contributed by atoms with E-state index >= 15 is 0 Å². The summed E-state index contributed by atoms with van der Waals surface area (Å²) in [6, 6.07) is 9.11. The monoisotopic (exact) mass is 337 g/mol. The zero-order valence-corrected chi connectivity index (χ0v) is 14.0. The van der Waals surface area contributed by atoms with Gasteiger partial charge in [-0.15, -0.1) is 0 Å². The molecule has 1 aromatic carbocycles. The second kappa shape index (κ2) is 6.18. The van der Waals surface area contributed by atoms with Gasteiger partial charge in [0.25, 0.3) is 5.91 Å². The summed E-state index contributed by atoms with van der Waals surface area (Å²) in [5.74, 6) is 0.0199. The van der Waals surface area contributed by atoms with Gasteiger partial charge in [-0.25, -0.2) is 4.79 Å². The van der Waals surface area contributed by atoms with Gasteiger partial charge in [0.1, 0.15) is 0 Å². The topological polar surface area (TPSA) is 85.1 Å². The summed E-state index contributed by atoms with van der Waals surface area (Å²) in [4.78, 5) is 38.4. The number of amides is 1. The van der Waals surface area contributed by atoms with Crippen molar-refractivity contribution >= 4 is 16.9 Å². The number of carbonyl (C=O) groups excluding carboxylic acids is 1. The molecule has 1 aliphatic rings. The number of piperazine rings is 1. The van der Waals surface area contributed by atoms with E-state index in [0.29, 0.717) is 16.8 Å². The van der Waals surface area contributed by atoms with Crippen LogP contribution in [-0.2, 0) is 0 Å². The maximum atomic E-state index is 12.8. The number of para-hydroxylation sites is 1. The molecule has 3 heterocycles. The molecule has 0 atom stereocenters. The summed E-state index contributed by atoms with van der Waals surface area (Å²) in [5, 5.41) is 0. The van der Waals surface area contributed by atoms with Gasteiger partial charge in [0.2, 0.25) is 0 Å². The molecule has 2 aromatic heterocycles. The van der Waals surface area contributed by atoms with Crippen molar-refractivity contribution in [2.75, 3.05) is 33.2 Å². The van der Waals surface area contributed by atoms with Crippen molar-refractivity contribution in [3.05, 3.63) is 52.6 Å². The molecule has 1 saturated heterocycles. The Hall–Kier alpha value is -2.93. The van der Waals surface area contributed by atoms with E-state index in [0.717, 1.165) is 37.3 Å². The smallest absolute Gasteiger partial charge is 0.323 e. The summed E-state index contributed by atoms with van der Waals surface area (Å²) in [7, 11) is 2.06. The number of likely N-dealkylation sites (N-methyl/N-ethyl adjacent to an activating group) is 1. The van der Waals surface area contributed by atoms with E-state index in [1.807, 2.05) is 23.1 Å². The van der Waals surface area contributed by atoms with Gasteiger partial charge in [-0.1, -0.05) is 12.1 Å². The molecule has 1 fully saturated rings. The molecule has 0 unspecified atom stereocenters.